The summed E-state index contributed by atoms with van der Waals surface area (Å²) >= 11 is 3.29. The predicted molar refractivity (Wildman–Crippen MR) is 55.6 cm³/mol. The summed E-state index contributed by atoms with van der Waals surface area (Å²) in [6.07, 6.45) is 0. The molecule has 1 aromatic rings. The van der Waals surface area contributed by atoms with Gasteiger partial charge < -0.3 is 15.1 Å². The molecule has 5 heteroatoms. The summed E-state index contributed by atoms with van der Waals surface area (Å²) < 4.78 is 5.76. The number of halogens is 1. The van der Waals surface area contributed by atoms with Crippen LogP contribution in [0.25, 0.3) is 0 Å². The molecule has 14 heavy (non-hydrogen) atoms. The van der Waals surface area contributed by atoms with Gasteiger partial charge in [0.05, 0.1) is 13.7 Å². The number of benzene rings is 1. The van der Waals surface area contributed by atoms with Gasteiger partial charge in [-0.1, -0.05) is 15.9 Å². The van der Waals surface area contributed by atoms with Crippen LogP contribution in [0.5, 0.6) is 11.5 Å². The van der Waals surface area contributed by atoms with E-state index in [9.17, 15) is 5.11 Å². The van der Waals surface area contributed by atoms with Gasteiger partial charge in [0.25, 0.3) is 0 Å². The van der Waals surface area contributed by atoms with Crippen molar-refractivity contribution < 1.29 is 15.1 Å². The van der Waals surface area contributed by atoms with E-state index in [0.29, 0.717) is 11.3 Å². The number of hydrogen-bond donors (Lipinski definition) is 2. The summed E-state index contributed by atoms with van der Waals surface area (Å²) in [4.78, 5) is 0. The van der Waals surface area contributed by atoms with Crippen LogP contribution < -0.4 is 4.74 Å². The van der Waals surface area contributed by atoms with Gasteiger partial charge in [-0.25, -0.2) is 0 Å². The van der Waals surface area contributed by atoms with Gasteiger partial charge in [0, 0.05) is 17.1 Å². The summed E-state index contributed by atoms with van der Waals surface area (Å²) in [5.41, 5.74) is 0.598. The third kappa shape index (κ3) is 2.60. The Hall–Kier alpha value is -0.780. The van der Waals surface area contributed by atoms with Crippen LogP contribution in [0.2, 0.25) is 0 Å². The second kappa shape index (κ2) is 4.63. The van der Waals surface area contributed by atoms with E-state index in [1.807, 2.05) is 0 Å². The van der Waals surface area contributed by atoms with Gasteiger partial charge in [0.1, 0.15) is 0 Å². The molecule has 0 aliphatic rings. The highest BCUT2D eigenvalue weighted by Gasteiger charge is 2.10. The quantitative estimate of drug-likeness (QED) is 0.818. The van der Waals surface area contributed by atoms with Gasteiger partial charge in [-0.3, -0.25) is 0 Å². The number of methoxy groups -OCH3 is 1. The molecule has 0 heterocycles. The van der Waals surface area contributed by atoms with Crippen LogP contribution in [-0.2, 0) is 6.54 Å². The zero-order chi connectivity index (χ0) is 10.7. The van der Waals surface area contributed by atoms with E-state index in [0.717, 1.165) is 9.54 Å². The normalized spacial score (nSPS) is 10.6. The topological polar surface area (TPSA) is 52.9 Å². The number of aromatic hydroxyl groups is 1. The highest BCUT2D eigenvalue weighted by molar-refractivity contribution is 9.10. The Bertz CT molecular complexity index is 328. The highest BCUT2D eigenvalue weighted by Crippen LogP contribution is 2.33. The molecule has 0 unspecified atom stereocenters. The average Bonchev–Trinajstić information content (AvgIpc) is 2.09. The van der Waals surface area contributed by atoms with Crippen molar-refractivity contribution in [3.63, 3.8) is 0 Å². The van der Waals surface area contributed by atoms with Crippen LogP contribution in [-0.4, -0.2) is 29.5 Å². The Kier molecular flexibility index (Phi) is 3.74. The maximum Gasteiger partial charge on any atom is 0.162 e. The number of rotatable bonds is 3. The second-order valence-electron chi connectivity index (χ2n) is 2.93. The van der Waals surface area contributed by atoms with E-state index in [2.05, 4.69) is 15.9 Å². The molecule has 0 bridgehead atoms. The number of phenols is 1. The first-order valence-corrected chi connectivity index (χ1v) is 4.79. The van der Waals surface area contributed by atoms with Crippen molar-refractivity contribution in [2.45, 2.75) is 6.54 Å². The lowest BCUT2D eigenvalue weighted by Crippen LogP contribution is -2.11. The molecule has 0 fully saturated rings. The first-order valence-electron chi connectivity index (χ1n) is 4.00. The lowest BCUT2D eigenvalue weighted by atomic mass is 10.2. The summed E-state index contributed by atoms with van der Waals surface area (Å²) in [5, 5.41) is 19.7. The Balaban J connectivity index is 3.08. The van der Waals surface area contributed by atoms with Gasteiger partial charge in [0.15, 0.2) is 11.5 Å². The fourth-order valence-corrected chi connectivity index (χ4v) is 1.64. The van der Waals surface area contributed by atoms with Crippen molar-refractivity contribution in [1.29, 1.82) is 0 Å². The molecule has 2 N–H and O–H groups in total. The number of hydroxylamine groups is 2. The first-order chi connectivity index (χ1) is 6.54. The lowest BCUT2D eigenvalue weighted by Gasteiger charge is -2.12. The largest absolute Gasteiger partial charge is 0.504 e. The Morgan fingerprint density at radius 1 is 1.50 bits per heavy atom. The van der Waals surface area contributed by atoms with E-state index >= 15 is 0 Å². The van der Waals surface area contributed by atoms with Crippen molar-refractivity contribution >= 4 is 15.9 Å². The Morgan fingerprint density at radius 3 is 2.64 bits per heavy atom. The maximum absolute atomic E-state index is 9.68. The van der Waals surface area contributed by atoms with Crippen LogP contribution in [0.4, 0.5) is 0 Å². The standard InChI is InChI=1S/C9H12BrNO3/c1-11(13)5-6-3-7(10)4-8(14-2)9(6)12/h3-4,12-13H,5H2,1-2H3. The summed E-state index contributed by atoms with van der Waals surface area (Å²) in [5.74, 6) is 0.438. The third-order valence-corrected chi connectivity index (χ3v) is 2.20. The zero-order valence-electron chi connectivity index (χ0n) is 7.99. The van der Waals surface area contributed by atoms with Gasteiger partial charge in [-0.15, -0.1) is 0 Å². The van der Waals surface area contributed by atoms with Crippen molar-refractivity contribution in [2.24, 2.45) is 0 Å². The SMILES string of the molecule is COc1cc(Br)cc(CN(C)O)c1O. The van der Waals surface area contributed by atoms with Crippen LogP contribution >= 0.6 is 15.9 Å². The molecular formula is C9H12BrNO3. The zero-order valence-corrected chi connectivity index (χ0v) is 9.58. The molecule has 0 atom stereocenters. The molecule has 0 saturated carbocycles. The van der Waals surface area contributed by atoms with E-state index < -0.39 is 0 Å². The van der Waals surface area contributed by atoms with Gasteiger partial charge in [-0.2, -0.15) is 5.06 Å². The Morgan fingerprint density at radius 2 is 2.14 bits per heavy atom. The van der Waals surface area contributed by atoms with Crippen molar-refractivity contribution in [1.82, 2.24) is 5.06 Å². The second-order valence-corrected chi connectivity index (χ2v) is 3.85. The molecule has 0 spiro atoms. The number of ether oxygens (including phenoxy) is 1. The molecule has 0 aromatic heterocycles. The summed E-state index contributed by atoms with van der Waals surface area (Å²) in [6, 6.07) is 3.39. The van der Waals surface area contributed by atoms with Gasteiger partial charge in [0.2, 0.25) is 0 Å². The highest BCUT2D eigenvalue weighted by atomic mass is 79.9. The molecule has 78 valence electrons. The van der Waals surface area contributed by atoms with Crippen LogP contribution in [0.15, 0.2) is 16.6 Å². The molecule has 1 rings (SSSR count). The van der Waals surface area contributed by atoms with E-state index in [1.165, 1.54) is 14.2 Å². The van der Waals surface area contributed by atoms with Crippen molar-refractivity contribution in [2.75, 3.05) is 14.2 Å². The molecule has 0 aliphatic heterocycles. The predicted octanol–water partition coefficient (Wildman–Crippen LogP) is 1.98. The number of phenolic OH excluding ortho intramolecular Hbond substituents is 1. The Labute approximate surface area is 90.8 Å². The molecule has 0 radical (unpaired) electrons. The molecular weight excluding hydrogens is 250 g/mol. The van der Waals surface area contributed by atoms with Crippen LogP contribution in [0.1, 0.15) is 5.56 Å². The van der Waals surface area contributed by atoms with E-state index in [1.54, 1.807) is 12.1 Å². The minimum absolute atomic E-state index is 0.0524. The monoisotopic (exact) mass is 261 g/mol. The van der Waals surface area contributed by atoms with Crippen LogP contribution in [0, 0.1) is 0 Å². The third-order valence-electron chi connectivity index (χ3n) is 1.74. The van der Waals surface area contributed by atoms with Crippen molar-refractivity contribution in [3.8, 4) is 11.5 Å². The molecule has 1 aromatic carbocycles. The summed E-state index contributed by atoms with van der Waals surface area (Å²) in [7, 11) is 2.99. The molecule has 0 saturated heterocycles. The minimum Gasteiger partial charge on any atom is -0.504 e. The minimum atomic E-state index is 0.0524. The smallest absolute Gasteiger partial charge is 0.162 e. The molecule has 0 aliphatic carbocycles. The van der Waals surface area contributed by atoms with E-state index in [-0.39, 0.29) is 12.3 Å². The van der Waals surface area contributed by atoms with Crippen LogP contribution in [0.3, 0.4) is 0 Å². The van der Waals surface area contributed by atoms with E-state index in [4.69, 9.17) is 9.94 Å². The van der Waals surface area contributed by atoms with Gasteiger partial charge in [-0.05, 0) is 12.1 Å². The molecule has 0 amide bonds. The fraction of sp³-hybridized carbons (Fsp3) is 0.333. The fourth-order valence-electron chi connectivity index (χ4n) is 1.15. The van der Waals surface area contributed by atoms with Crippen molar-refractivity contribution in [3.05, 3.63) is 22.2 Å². The summed E-state index contributed by atoms with van der Waals surface area (Å²) in [6.45, 7) is 0.238. The molecule has 4 nitrogen and oxygen atoms in total. The number of nitrogens with zero attached hydrogens (tertiary/aromatic N) is 1. The number of hydrogen-bond acceptors (Lipinski definition) is 4. The first kappa shape index (κ1) is 11.3. The van der Waals surface area contributed by atoms with Gasteiger partial charge >= 0.3 is 0 Å². The average molecular weight is 262 g/mol. The lowest BCUT2D eigenvalue weighted by molar-refractivity contribution is -0.0736. The maximum atomic E-state index is 9.68.